The third kappa shape index (κ3) is 3.71. The number of nitrogens with zero attached hydrogens (tertiary/aromatic N) is 2. The van der Waals surface area contributed by atoms with Gasteiger partial charge >= 0.3 is 0 Å². The van der Waals surface area contributed by atoms with E-state index in [4.69, 9.17) is 9.15 Å². The number of ether oxygens (including phenoxy) is 1. The normalized spacial score (nSPS) is 17.5. The molecule has 1 N–H and O–H groups in total. The highest BCUT2D eigenvalue weighted by atomic mass is 16.6. The van der Waals surface area contributed by atoms with Crippen LogP contribution in [0.2, 0.25) is 0 Å². The molecule has 1 fully saturated rings. The number of aliphatic hydroxyl groups excluding tert-OH is 1. The third-order valence-corrected chi connectivity index (χ3v) is 5.19. The molecule has 0 bridgehead atoms. The van der Waals surface area contributed by atoms with Gasteiger partial charge < -0.3 is 19.2 Å². The van der Waals surface area contributed by atoms with Gasteiger partial charge in [0.15, 0.2) is 0 Å². The number of furan rings is 1. The first-order valence-electron chi connectivity index (χ1n) is 9.60. The Balaban J connectivity index is 1.90. The first-order valence-corrected chi connectivity index (χ1v) is 9.60. The largest absolute Gasteiger partial charge is 0.507 e. The molecule has 1 atom stereocenters. The van der Waals surface area contributed by atoms with Crippen LogP contribution in [0.4, 0.5) is 5.69 Å². The lowest BCUT2D eigenvalue weighted by Gasteiger charge is -2.24. The minimum absolute atomic E-state index is 0.0557. The van der Waals surface area contributed by atoms with Crippen LogP contribution < -0.4 is 4.74 Å². The number of carbonyl (C=O) groups is 2. The summed E-state index contributed by atoms with van der Waals surface area (Å²) in [4.78, 5) is 37.9. The third-order valence-electron chi connectivity index (χ3n) is 5.19. The van der Waals surface area contributed by atoms with Crippen LogP contribution in [-0.4, -0.2) is 33.7 Å². The molecule has 0 aliphatic carbocycles. The topological polar surface area (TPSA) is 123 Å². The number of nitro groups is 1. The number of hydrogen-bond acceptors (Lipinski definition) is 7. The van der Waals surface area contributed by atoms with Crippen LogP contribution in [0, 0.1) is 10.1 Å². The number of benzene rings is 2. The summed E-state index contributed by atoms with van der Waals surface area (Å²) >= 11 is 0. The highest BCUT2D eigenvalue weighted by molar-refractivity contribution is 6.46. The van der Waals surface area contributed by atoms with Crippen molar-refractivity contribution in [3.63, 3.8) is 0 Å². The van der Waals surface area contributed by atoms with E-state index < -0.39 is 28.4 Å². The van der Waals surface area contributed by atoms with Gasteiger partial charge in [-0.15, -0.1) is 0 Å². The van der Waals surface area contributed by atoms with E-state index in [1.165, 1.54) is 42.5 Å². The molecule has 162 valence electrons. The fourth-order valence-electron chi connectivity index (χ4n) is 3.69. The van der Waals surface area contributed by atoms with Gasteiger partial charge in [-0.05, 0) is 29.8 Å². The van der Waals surface area contributed by atoms with Crippen molar-refractivity contribution in [3.05, 3.63) is 99.5 Å². The van der Waals surface area contributed by atoms with Crippen LogP contribution in [-0.2, 0) is 16.1 Å². The number of methoxy groups -OCH3 is 1. The average molecular weight is 434 g/mol. The Morgan fingerprint density at radius 3 is 2.62 bits per heavy atom. The van der Waals surface area contributed by atoms with Crippen molar-refractivity contribution in [2.75, 3.05) is 7.11 Å². The van der Waals surface area contributed by atoms with Crippen LogP contribution in [0.3, 0.4) is 0 Å². The van der Waals surface area contributed by atoms with Gasteiger partial charge in [-0.3, -0.25) is 19.7 Å². The number of nitro benzene ring substituents is 1. The van der Waals surface area contributed by atoms with Gasteiger partial charge in [0.05, 0.1) is 36.5 Å². The van der Waals surface area contributed by atoms with E-state index in [0.29, 0.717) is 17.1 Å². The average Bonchev–Trinajstić information content (AvgIpc) is 3.41. The van der Waals surface area contributed by atoms with Crippen LogP contribution in [0.1, 0.15) is 22.9 Å². The maximum atomic E-state index is 13.0. The zero-order valence-electron chi connectivity index (χ0n) is 16.9. The first-order chi connectivity index (χ1) is 15.4. The second kappa shape index (κ2) is 8.38. The van der Waals surface area contributed by atoms with Gasteiger partial charge in [-0.1, -0.05) is 24.3 Å². The van der Waals surface area contributed by atoms with E-state index in [1.54, 1.807) is 36.4 Å². The predicted molar refractivity (Wildman–Crippen MR) is 113 cm³/mol. The Kier molecular flexibility index (Phi) is 5.46. The van der Waals surface area contributed by atoms with E-state index in [0.717, 1.165) is 0 Å². The number of ketones is 1. The summed E-state index contributed by atoms with van der Waals surface area (Å²) < 4.78 is 10.5. The van der Waals surface area contributed by atoms with Crippen LogP contribution in [0.25, 0.3) is 5.76 Å². The van der Waals surface area contributed by atoms with Crippen LogP contribution in [0.15, 0.2) is 76.9 Å². The van der Waals surface area contributed by atoms with Crippen molar-refractivity contribution in [1.29, 1.82) is 0 Å². The molecule has 9 heteroatoms. The molecular formula is C23H18N2O7. The molecule has 2 aromatic carbocycles. The van der Waals surface area contributed by atoms with Gasteiger partial charge in [0.25, 0.3) is 17.4 Å². The number of rotatable bonds is 6. The summed E-state index contributed by atoms with van der Waals surface area (Å²) in [5, 5.41) is 22.4. The molecule has 0 saturated carbocycles. The Bertz CT molecular complexity index is 1230. The number of Topliss-reactive ketones (excluding diaryl/α,β-unsaturated/α-hetero) is 1. The van der Waals surface area contributed by atoms with E-state index in [-0.39, 0.29) is 23.4 Å². The maximum Gasteiger partial charge on any atom is 0.296 e. The minimum Gasteiger partial charge on any atom is -0.507 e. The summed E-state index contributed by atoms with van der Waals surface area (Å²) in [7, 11) is 1.46. The molecule has 1 amide bonds. The van der Waals surface area contributed by atoms with Crippen molar-refractivity contribution in [3.8, 4) is 5.75 Å². The molecular weight excluding hydrogens is 416 g/mol. The molecule has 3 aromatic rings. The molecule has 1 aliphatic rings. The van der Waals surface area contributed by atoms with Crippen molar-refractivity contribution in [2.45, 2.75) is 12.6 Å². The van der Waals surface area contributed by atoms with Crippen molar-refractivity contribution in [1.82, 2.24) is 4.90 Å². The second-order valence-electron chi connectivity index (χ2n) is 7.09. The van der Waals surface area contributed by atoms with Gasteiger partial charge in [0.1, 0.15) is 17.3 Å². The predicted octanol–water partition coefficient (Wildman–Crippen LogP) is 3.82. The molecule has 0 spiro atoms. The maximum absolute atomic E-state index is 13.0. The summed E-state index contributed by atoms with van der Waals surface area (Å²) in [5.74, 6) is -1.27. The van der Waals surface area contributed by atoms with Gasteiger partial charge in [-0.25, -0.2) is 0 Å². The summed E-state index contributed by atoms with van der Waals surface area (Å²) in [6.45, 7) is -0.0557. The van der Waals surface area contributed by atoms with Crippen molar-refractivity contribution >= 4 is 23.1 Å². The Morgan fingerprint density at radius 1 is 1.16 bits per heavy atom. The molecule has 1 aliphatic heterocycles. The highest BCUT2D eigenvalue weighted by Gasteiger charge is 2.46. The van der Waals surface area contributed by atoms with Gasteiger partial charge in [-0.2, -0.15) is 0 Å². The number of hydrogen-bond donors (Lipinski definition) is 1. The molecule has 0 radical (unpaired) electrons. The molecule has 9 nitrogen and oxygen atoms in total. The number of non-ortho nitro benzene ring substituents is 1. The van der Waals surface area contributed by atoms with Crippen LogP contribution >= 0.6 is 0 Å². The Hall–Kier alpha value is -4.40. The lowest BCUT2D eigenvalue weighted by atomic mass is 9.95. The first kappa shape index (κ1) is 20.9. The second-order valence-corrected chi connectivity index (χ2v) is 7.09. The fraction of sp³-hybridized carbons (Fsp3) is 0.130. The summed E-state index contributed by atoms with van der Waals surface area (Å²) in [5.41, 5.74) is 0.216. The van der Waals surface area contributed by atoms with Crippen LogP contribution in [0.5, 0.6) is 5.75 Å². The highest BCUT2D eigenvalue weighted by Crippen LogP contribution is 2.41. The SMILES string of the molecule is COc1cccc(/C(O)=C2\C(=O)C(=O)N(Cc3ccco3)C2c2cccc([N+](=O)[O-])c2)c1. The summed E-state index contributed by atoms with van der Waals surface area (Å²) in [6.07, 6.45) is 1.44. The number of amides is 1. The van der Waals surface area contributed by atoms with E-state index in [9.17, 15) is 24.8 Å². The molecule has 1 unspecified atom stereocenters. The number of carbonyl (C=O) groups excluding carboxylic acids is 2. The minimum atomic E-state index is -1.05. The number of likely N-dealkylation sites (tertiary alicyclic amines) is 1. The lowest BCUT2D eigenvalue weighted by molar-refractivity contribution is -0.384. The van der Waals surface area contributed by atoms with E-state index in [2.05, 4.69) is 0 Å². The van der Waals surface area contributed by atoms with E-state index in [1.807, 2.05) is 0 Å². The quantitative estimate of drug-likeness (QED) is 0.206. The Labute approximate surface area is 182 Å². The summed E-state index contributed by atoms with van der Waals surface area (Å²) in [6, 6.07) is 14.3. The van der Waals surface area contributed by atoms with Gasteiger partial charge in [0, 0.05) is 17.7 Å². The zero-order valence-corrected chi connectivity index (χ0v) is 16.9. The standard InChI is InChI=1S/C23H18N2O7/c1-31-17-8-3-6-15(12-17)21(26)19-20(14-5-2-7-16(11-14)25(29)30)24(23(28)22(19)27)13-18-9-4-10-32-18/h2-12,20,26H,13H2,1H3/b21-19+. The Morgan fingerprint density at radius 2 is 1.94 bits per heavy atom. The van der Waals surface area contributed by atoms with Crippen molar-refractivity contribution in [2.24, 2.45) is 0 Å². The number of aliphatic hydroxyl groups is 1. The molecule has 2 heterocycles. The van der Waals surface area contributed by atoms with E-state index >= 15 is 0 Å². The zero-order chi connectivity index (χ0) is 22.8. The molecule has 1 saturated heterocycles. The monoisotopic (exact) mass is 434 g/mol. The van der Waals surface area contributed by atoms with Gasteiger partial charge in [0.2, 0.25) is 0 Å². The lowest BCUT2D eigenvalue weighted by Crippen LogP contribution is -2.29. The molecule has 32 heavy (non-hydrogen) atoms. The molecule has 4 rings (SSSR count). The fourth-order valence-corrected chi connectivity index (χ4v) is 3.69. The van der Waals surface area contributed by atoms with Crippen molar-refractivity contribution < 1.29 is 28.8 Å². The molecule has 1 aromatic heterocycles. The smallest absolute Gasteiger partial charge is 0.296 e.